The van der Waals surface area contributed by atoms with E-state index in [9.17, 15) is 13.2 Å². The normalized spacial score (nSPS) is 12.0. The first-order valence-corrected chi connectivity index (χ1v) is 8.58. The standard InChI is InChI=1S/C21H15ClF3NO2/c1-27-26-20(14-6-10-16(22)11-7-14)18-4-2-3-5-19(18)28-17-12-8-15(9-13-17)21(23,24)25/h2-13H,1H3/b26-20-. The first-order valence-electron chi connectivity index (χ1n) is 8.20. The van der Waals surface area contributed by atoms with Crippen molar-refractivity contribution < 1.29 is 22.7 Å². The first-order chi connectivity index (χ1) is 13.4. The van der Waals surface area contributed by atoms with Crippen molar-refractivity contribution in [3.63, 3.8) is 0 Å². The van der Waals surface area contributed by atoms with Gasteiger partial charge in [-0.3, -0.25) is 0 Å². The molecule has 0 aliphatic carbocycles. The van der Waals surface area contributed by atoms with E-state index in [-0.39, 0.29) is 5.75 Å². The zero-order chi connectivity index (χ0) is 20.1. The highest BCUT2D eigenvalue weighted by Gasteiger charge is 2.30. The minimum absolute atomic E-state index is 0.272. The Hall–Kier alpha value is -2.99. The molecule has 0 heterocycles. The number of nitrogens with zero attached hydrogens (tertiary/aromatic N) is 1. The van der Waals surface area contributed by atoms with Crippen molar-refractivity contribution in [2.45, 2.75) is 6.18 Å². The molecular weight excluding hydrogens is 391 g/mol. The molecule has 0 bridgehead atoms. The molecule has 7 heteroatoms. The van der Waals surface area contributed by atoms with E-state index < -0.39 is 11.7 Å². The average molecular weight is 406 g/mol. The van der Waals surface area contributed by atoms with Crippen LogP contribution in [-0.4, -0.2) is 12.8 Å². The Morgan fingerprint density at radius 3 is 2.14 bits per heavy atom. The van der Waals surface area contributed by atoms with Gasteiger partial charge in [0.1, 0.15) is 24.3 Å². The maximum Gasteiger partial charge on any atom is 0.416 e. The van der Waals surface area contributed by atoms with Gasteiger partial charge in [-0.15, -0.1) is 0 Å². The molecular formula is C21H15ClF3NO2. The summed E-state index contributed by atoms with van der Waals surface area (Å²) in [6.07, 6.45) is -4.40. The van der Waals surface area contributed by atoms with Crippen LogP contribution in [0.3, 0.4) is 0 Å². The zero-order valence-corrected chi connectivity index (χ0v) is 15.5. The van der Waals surface area contributed by atoms with E-state index in [0.717, 1.165) is 17.7 Å². The van der Waals surface area contributed by atoms with Crippen LogP contribution in [0.1, 0.15) is 16.7 Å². The largest absolute Gasteiger partial charge is 0.457 e. The van der Waals surface area contributed by atoms with Gasteiger partial charge >= 0.3 is 6.18 Å². The van der Waals surface area contributed by atoms with Crippen molar-refractivity contribution in [1.29, 1.82) is 0 Å². The Kier molecular flexibility index (Phi) is 5.90. The number of ether oxygens (including phenoxy) is 1. The number of halogens is 4. The van der Waals surface area contributed by atoms with Gasteiger partial charge in [0.25, 0.3) is 0 Å². The Morgan fingerprint density at radius 1 is 0.893 bits per heavy atom. The molecule has 3 nitrogen and oxygen atoms in total. The number of oxime groups is 1. The third-order valence-corrected chi connectivity index (χ3v) is 4.10. The molecule has 0 aliphatic heterocycles. The maximum absolute atomic E-state index is 12.7. The minimum Gasteiger partial charge on any atom is -0.457 e. The van der Waals surface area contributed by atoms with Gasteiger partial charge in [-0.25, -0.2) is 0 Å². The lowest BCUT2D eigenvalue weighted by Gasteiger charge is -2.14. The number of para-hydroxylation sites is 1. The number of hydrogen-bond acceptors (Lipinski definition) is 3. The summed E-state index contributed by atoms with van der Waals surface area (Å²) in [6.45, 7) is 0. The summed E-state index contributed by atoms with van der Waals surface area (Å²) in [5.74, 6) is 0.696. The molecule has 0 aromatic heterocycles. The summed E-state index contributed by atoms with van der Waals surface area (Å²) >= 11 is 5.95. The van der Waals surface area contributed by atoms with Crippen LogP contribution in [0, 0.1) is 0 Å². The van der Waals surface area contributed by atoms with E-state index in [2.05, 4.69) is 5.16 Å². The molecule has 0 N–H and O–H groups in total. The van der Waals surface area contributed by atoms with Crippen molar-refractivity contribution in [2.75, 3.05) is 7.11 Å². The second kappa shape index (κ2) is 8.35. The Balaban J connectivity index is 1.96. The summed E-state index contributed by atoms with van der Waals surface area (Å²) in [6, 6.07) is 18.6. The van der Waals surface area contributed by atoms with E-state index in [0.29, 0.717) is 22.0 Å². The van der Waals surface area contributed by atoms with Crippen LogP contribution in [0.4, 0.5) is 13.2 Å². The summed E-state index contributed by atoms with van der Waals surface area (Å²) in [5.41, 5.74) is 1.12. The van der Waals surface area contributed by atoms with Crippen LogP contribution < -0.4 is 4.74 Å². The summed E-state index contributed by atoms with van der Waals surface area (Å²) in [7, 11) is 1.43. The molecule has 0 atom stereocenters. The van der Waals surface area contributed by atoms with Crippen molar-refractivity contribution in [1.82, 2.24) is 0 Å². The third kappa shape index (κ3) is 4.64. The highest BCUT2D eigenvalue weighted by Crippen LogP contribution is 2.32. The van der Waals surface area contributed by atoms with Crippen molar-refractivity contribution in [2.24, 2.45) is 5.16 Å². The Labute approximate surface area is 165 Å². The van der Waals surface area contributed by atoms with Gasteiger partial charge in [0.15, 0.2) is 0 Å². The topological polar surface area (TPSA) is 30.8 Å². The van der Waals surface area contributed by atoms with Gasteiger partial charge in [-0.05, 0) is 48.5 Å². The number of benzene rings is 3. The molecule has 0 spiro atoms. The summed E-state index contributed by atoms with van der Waals surface area (Å²) < 4.78 is 44.0. The number of hydrogen-bond donors (Lipinski definition) is 0. The molecule has 3 rings (SSSR count). The lowest BCUT2D eigenvalue weighted by atomic mass is 10.0. The molecule has 0 saturated heterocycles. The van der Waals surface area contributed by atoms with E-state index >= 15 is 0 Å². The van der Waals surface area contributed by atoms with Gasteiger partial charge < -0.3 is 9.57 Å². The van der Waals surface area contributed by atoms with E-state index in [1.165, 1.54) is 19.2 Å². The van der Waals surface area contributed by atoms with E-state index in [4.69, 9.17) is 21.2 Å². The van der Waals surface area contributed by atoms with Crippen LogP contribution in [0.5, 0.6) is 11.5 Å². The van der Waals surface area contributed by atoms with Crippen molar-refractivity contribution in [3.05, 3.63) is 94.5 Å². The van der Waals surface area contributed by atoms with Gasteiger partial charge in [-0.2, -0.15) is 13.2 Å². The fourth-order valence-electron chi connectivity index (χ4n) is 2.55. The fourth-order valence-corrected chi connectivity index (χ4v) is 2.67. The zero-order valence-electron chi connectivity index (χ0n) is 14.7. The van der Waals surface area contributed by atoms with Crippen LogP contribution in [0.2, 0.25) is 5.02 Å². The van der Waals surface area contributed by atoms with Gasteiger partial charge in [0.05, 0.1) is 5.56 Å². The lowest BCUT2D eigenvalue weighted by Crippen LogP contribution is -2.06. The van der Waals surface area contributed by atoms with E-state index in [1.807, 2.05) is 0 Å². The molecule has 3 aromatic carbocycles. The fraction of sp³-hybridized carbons (Fsp3) is 0.0952. The summed E-state index contributed by atoms with van der Waals surface area (Å²) in [5, 5.41) is 4.67. The average Bonchev–Trinajstić information content (AvgIpc) is 2.67. The first kappa shape index (κ1) is 19.8. The van der Waals surface area contributed by atoms with E-state index in [1.54, 1.807) is 48.5 Å². The SMILES string of the molecule is CO/N=C(/c1ccc(Cl)cc1)c1ccccc1Oc1ccc(C(F)(F)F)cc1. The highest BCUT2D eigenvalue weighted by molar-refractivity contribution is 6.30. The van der Waals surface area contributed by atoms with Crippen LogP contribution in [0.25, 0.3) is 0 Å². The van der Waals surface area contributed by atoms with Gasteiger partial charge in [-0.1, -0.05) is 41.0 Å². The smallest absolute Gasteiger partial charge is 0.416 e. The Morgan fingerprint density at radius 2 is 1.54 bits per heavy atom. The Bertz CT molecular complexity index is 968. The predicted octanol–water partition coefficient (Wildman–Crippen LogP) is 6.55. The van der Waals surface area contributed by atoms with Crippen molar-refractivity contribution >= 4 is 17.3 Å². The molecule has 0 radical (unpaired) electrons. The molecule has 0 unspecified atom stereocenters. The number of rotatable bonds is 5. The molecule has 144 valence electrons. The molecule has 0 saturated carbocycles. The second-order valence-electron chi connectivity index (χ2n) is 5.75. The van der Waals surface area contributed by atoms with Crippen LogP contribution >= 0.6 is 11.6 Å². The van der Waals surface area contributed by atoms with Crippen LogP contribution in [-0.2, 0) is 11.0 Å². The molecule has 28 heavy (non-hydrogen) atoms. The highest BCUT2D eigenvalue weighted by atomic mass is 35.5. The van der Waals surface area contributed by atoms with Crippen molar-refractivity contribution in [3.8, 4) is 11.5 Å². The lowest BCUT2D eigenvalue weighted by molar-refractivity contribution is -0.137. The molecule has 3 aromatic rings. The quantitative estimate of drug-likeness (QED) is 0.356. The van der Waals surface area contributed by atoms with Gasteiger partial charge in [0, 0.05) is 16.1 Å². The second-order valence-corrected chi connectivity index (χ2v) is 6.19. The maximum atomic E-state index is 12.7. The molecule has 0 fully saturated rings. The number of alkyl halides is 3. The summed E-state index contributed by atoms with van der Waals surface area (Å²) in [4.78, 5) is 4.98. The monoisotopic (exact) mass is 405 g/mol. The minimum atomic E-state index is -4.40. The molecule has 0 aliphatic rings. The third-order valence-electron chi connectivity index (χ3n) is 3.85. The molecule has 0 amide bonds. The predicted molar refractivity (Wildman–Crippen MR) is 102 cm³/mol. The van der Waals surface area contributed by atoms with Gasteiger partial charge in [0.2, 0.25) is 0 Å². The van der Waals surface area contributed by atoms with Crippen LogP contribution in [0.15, 0.2) is 78.0 Å².